The molecule has 0 atom stereocenters. The van der Waals surface area contributed by atoms with Gasteiger partial charge in [0.25, 0.3) is 5.91 Å². The van der Waals surface area contributed by atoms with Gasteiger partial charge in [-0.05, 0) is 54.4 Å². The van der Waals surface area contributed by atoms with Crippen LogP contribution < -0.4 is 5.32 Å². The van der Waals surface area contributed by atoms with Crippen molar-refractivity contribution in [3.8, 4) is 5.69 Å². The maximum Gasteiger partial charge on any atom is 0.258 e. The smallest absolute Gasteiger partial charge is 0.258 e. The molecule has 0 saturated carbocycles. The number of aryl methyl sites for hydroxylation is 1. The molecule has 0 fully saturated rings. The fourth-order valence-electron chi connectivity index (χ4n) is 2.82. The Balaban J connectivity index is 1.60. The molecule has 1 heterocycles. The maximum atomic E-state index is 13.8. The fourth-order valence-corrected chi connectivity index (χ4v) is 2.82. The highest BCUT2D eigenvalue weighted by atomic mass is 19.1. The van der Waals surface area contributed by atoms with Gasteiger partial charge in [-0.1, -0.05) is 31.2 Å². The summed E-state index contributed by atoms with van der Waals surface area (Å²) < 4.78 is 13.8. The molecule has 0 radical (unpaired) electrons. The van der Waals surface area contributed by atoms with Gasteiger partial charge in [-0.15, -0.1) is 10.2 Å². The minimum atomic E-state index is -0.558. The van der Waals surface area contributed by atoms with E-state index in [4.69, 9.17) is 0 Å². The van der Waals surface area contributed by atoms with Crippen molar-refractivity contribution >= 4 is 22.6 Å². The molecule has 0 aliphatic rings. The van der Waals surface area contributed by atoms with Gasteiger partial charge in [-0.2, -0.15) is 4.80 Å². The monoisotopic (exact) mass is 360 g/mol. The number of carbonyl (C=O) groups excluding carboxylic acids is 1. The Morgan fingerprint density at radius 2 is 1.74 bits per heavy atom. The largest absolute Gasteiger partial charge is 0.322 e. The lowest BCUT2D eigenvalue weighted by Gasteiger charge is -2.05. The summed E-state index contributed by atoms with van der Waals surface area (Å²) in [6.07, 6.45) is 0.972. The number of hydrogen-bond acceptors (Lipinski definition) is 3. The third kappa shape index (κ3) is 3.42. The number of carbonyl (C=O) groups is 1. The topological polar surface area (TPSA) is 59.8 Å². The lowest BCUT2D eigenvalue weighted by molar-refractivity contribution is 0.102. The van der Waals surface area contributed by atoms with E-state index in [9.17, 15) is 9.18 Å². The van der Waals surface area contributed by atoms with E-state index >= 15 is 0 Å². The second kappa shape index (κ2) is 6.99. The minimum absolute atomic E-state index is 0.00253. The molecular formula is C21H17FN4O. The van der Waals surface area contributed by atoms with Crippen LogP contribution in [-0.4, -0.2) is 20.9 Å². The van der Waals surface area contributed by atoms with Crippen LogP contribution in [0.4, 0.5) is 10.1 Å². The highest BCUT2D eigenvalue weighted by Crippen LogP contribution is 2.19. The number of nitrogens with zero attached hydrogens (tertiary/aromatic N) is 3. The first-order chi connectivity index (χ1) is 13.1. The Bertz CT molecular complexity index is 1120. The summed E-state index contributed by atoms with van der Waals surface area (Å²) >= 11 is 0. The molecular weight excluding hydrogens is 343 g/mol. The summed E-state index contributed by atoms with van der Waals surface area (Å²) in [7, 11) is 0. The predicted molar refractivity (Wildman–Crippen MR) is 103 cm³/mol. The summed E-state index contributed by atoms with van der Waals surface area (Å²) in [5, 5.41) is 11.6. The van der Waals surface area contributed by atoms with Crippen LogP contribution in [0.1, 0.15) is 22.8 Å². The van der Waals surface area contributed by atoms with Gasteiger partial charge in [0.05, 0.1) is 11.3 Å². The van der Waals surface area contributed by atoms with Crippen LogP contribution in [0.3, 0.4) is 0 Å². The van der Waals surface area contributed by atoms with Crippen molar-refractivity contribution in [1.29, 1.82) is 0 Å². The van der Waals surface area contributed by atoms with Gasteiger partial charge in [0.2, 0.25) is 0 Å². The molecule has 0 unspecified atom stereocenters. The number of nitrogens with one attached hydrogen (secondary N) is 1. The second-order valence-electron chi connectivity index (χ2n) is 6.15. The van der Waals surface area contributed by atoms with E-state index in [1.165, 1.54) is 17.7 Å². The summed E-state index contributed by atoms with van der Waals surface area (Å²) in [5.41, 5.74) is 3.98. The van der Waals surface area contributed by atoms with Crippen molar-refractivity contribution in [3.63, 3.8) is 0 Å². The Morgan fingerprint density at radius 1 is 1.00 bits per heavy atom. The van der Waals surface area contributed by atoms with Gasteiger partial charge in [0, 0.05) is 5.69 Å². The summed E-state index contributed by atoms with van der Waals surface area (Å²) in [4.78, 5) is 13.8. The molecule has 4 rings (SSSR count). The molecule has 1 N–H and O–H groups in total. The fraction of sp³-hybridized carbons (Fsp3) is 0.0952. The van der Waals surface area contributed by atoms with Crippen LogP contribution >= 0.6 is 0 Å². The zero-order valence-corrected chi connectivity index (χ0v) is 14.7. The molecule has 3 aromatic carbocycles. The number of aromatic nitrogens is 3. The van der Waals surface area contributed by atoms with E-state index in [-0.39, 0.29) is 5.56 Å². The Morgan fingerprint density at radius 3 is 2.48 bits per heavy atom. The number of amides is 1. The number of rotatable bonds is 4. The van der Waals surface area contributed by atoms with Gasteiger partial charge >= 0.3 is 0 Å². The lowest BCUT2D eigenvalue weighted by Crippen LogP contribution is -2.13. The highest BCUT2D eigenvalue weighted by molar-refractivity contribution is 6.05. The van der Waals surface area contributed by atoms with Crippen molar-refractivity contribution in [2.24, 2.45) is 0 Å². The summed E-state index contributed by atoms with van der Waals surface area (Å²) in [5.74, 6) is -1.06. The zero-order chi connectivity index (χ0) is 18.8. The molecule has 0 aliphatic heterocycles. The Labute approximate surface area is 155 Å². The van der Waals surface area contributed by atoms with E-state index in [2.05, 4.69) is 22.4 Å². The third-order valence-electron chi connectivity index (χ3n) is 4.33. The SMILES string of the molecule is CCc1ccc(-n2nc3ccc(NC(=O)c4ccccc4F)cc3n2)cc1. The van der Waals surface area contributed by atoms with Crippen LogP contribution in [0.2, 0.25) is 0 Å². The van der Waals surface area contributed by atoms with Crippen LogP contribution in [0, 0.1) is 5.82 Å². The average molecular weight is 360 g/mol. The molecule has 0 aliphatic carbocycles. The zero-order valence-electron chi connectivity index (χ0n) is 14.7. The normalized spacial score (nSPS) is 10.9. The predicted octanol–water partition coefficient (Wildman–Crippen LogP) is 4.37. The van der Waals surface area contributed by atoms with E-state index < -0.39 is 11.7 Å². The lowest BCUT2D eigenvalue weighted by atomic mass is 10.2. The summed E-state index contributed by atoms with van der Waals surface area (Å²) in [6.45, 7) is 2.10. The molecule has 6 heteroatoms. The Hall–Kier alpha value is -3.54. The second-order valence-corrected chi connectivity index (χ2v) is 6.15. The standard InChI is InChI=1S/C21H17FN4O/c1-2-14-7-10-16(11-8-14)26-24-19-12-9-15(13-20(19)25-26)23-21(27)17-5-3-4-6-18(17)22/h3-13H,2H2,1H3,(H,23,27). The van der Waals surface area contributed by atoms with E-state index in [0.717, 1.165) is 12.1 Å². The molecule has 134 valence electrons. The number of hydrogen-bond donors (Lipinski definition) is 1. The minimum Gasteiger partial charge on any atom is -0.322 e. The van der Waals surface area contributed by atoms with E-state index in [1.807, 2.05) is 24.3 Å². The maximum absolute atomic E-state index is 13.8. The molecule has 0 spiro atoms. The molecule has 27 heavy (non-hydrogen) atoms. The van der Waals surface area contributed by atoms with Crippen LogP contribution in [0.25, 0.3) is 16.7 Å². The first-order valence-electron chi connectivity index (χ1n) is 8.66. The first-order valence-corrected chi connectivity index (χ1v) is 8.66. The van der Waals surface area contributed by atoms with E-state index in [1.54, 1.807) is 35.1 Å². The molecule has 1 aromatic heterocycles. The van der Waals surface area contributed by atoms with Gasteiger partial charge < -0.3 is 5.32 Å². The average Bonchev–Trinajstić information content (AvgIpc) is 3.11. The highest BCUT2D eigenvalue weighted by Gasteiger charge is 2.12. The third-order valence-corrected chi connectivity index (χ3v) is 4.33. The van der Waals surface area contributed by atoms with Crippen molar-refractivity contribution in [2.75, 3.05) is 5.32 Å². The quantitative estimate of drug-likeness (QED) is 0.588. The van der Waals surface area contributed by atoms with Gasteiger partial charge in [-0.25, -0.2) is 4.39 Å². The van der Waals surface area contributed by atoms with Crippen molar-refractivity contribution in [2.45, 2.75) is 13.3 Å². The van der Waals surface area contributed by atoms with Gasteiger partial charge in [0.1, 0.15) is 16.9 Å². The Kier molecular flexibility index (Phi) is 4.38. The van der Waals surface area contributed by atoms with Crippen LogP contribution in [0.15, 0.2) is 66.7 Å². The molecule has 5 nitrogen and oxygen atoms in total. The van der Waals surface area contributed by atoms with Crippen molar-refractivity contribution < 1.29 is 9.18 Å². The number of fused-ring (bicyclic) bond motifs is 1. The molecule has 1 amide bonds. The van der Waals surface area contributed by atoms with Gasteiger partial charge in [0.15, 0.2) is 0 Å². The van der Waals surface area contributed by atoms with Crippen LogP contribution in [0.5, 0.6) is 0 Å². The summed E-state index contributed by atoms with van der Waals surface area (Å²) in [6, 6.07) is 19.1. The molecule has 0 saturated heterocycles. The van der Waals surface area contributed by atoms with Crippen molar-refractivity contribution in [3.05, 3.63) is 83.7 Å². The van der Waals surface area contributed by atoms with Crippen molar-refractivity contribution in [1.82, 2.24) is 15.0 Å². The first kappa shape index (κ1) is 16.9. The van der Waals surface area contributed by atoms with Crippen LogP contribution in [-0.2, 0) is 6.42 Å². The number of halogens is 1. The van der Waals surface area contributed by atoms with Gasteiger partial charge in [-0.3, -0.25) is 4.79 Å². The number of benzene rings is 3. The molecule has 4 aromatic rings. The molecule has 0 bridgehead atoms. The number of anilines is 1. The van der Waals surface area contributed by atoms with E-state index in [0.29, 0.717) is 16.7 Å².